The van der Waals surface area contributed by atoms with Crippen molar-refractivity contribution in [1.82, 2.24) is 4.90 Å². The number of aliphatic hydroxyl groups is 2. The largest absolute Gasteiger partial charge is 0.417 e. The molecule has 7 atom stereocenters. The predicted octanol–water partition coefficient (Wildman–Crippen LogP) is 2.17. The maximum Gasteiger partial charge on any atom is 0.417 e. The fourth-order valence-corrected chi connectivity index (χ4v) is 4.35. The highest BCUT2D eigenvalue weighted by atomic mass is 32.2. The molecular formula is C18H23F3N2O4S. The van der Waals surface area contributed by atoms with Gasteiger partial charge in [0.05, 0.1) is 6.10 Å². The molecule has 0 aliphatic carbocycles. The second-order valence-corrected chi connectivity index (χ2v) is 8.08. The Morgan fingerprint density at radius 2 is 1.82 bits per heavy atom. The average Bonchev–Trinajstić information content (AvgIpc) is 3.07. The molecule has 2 aliphatic rings. The van der Waals surface area contributed by atoms with Gasteiger partial charge in [0.2, 0.25) is 0 Å². The third-order valence-corrected chi connectivity index (χ3v) is 6.01. The molecule has 156 valence electrons. The molecule has 0 radical (unpaired) electrons. The van der Waals surface area contributed by atoms with Crippen molar-refractivity contribution in [3.8, 4) is 0 Å². The zero-order valence-electron chi connectivity index (χ0n) is 15.6. The van der Waals surface area contributed by atoms with Gasteiger partial charge >= 0.3 is 6.18 Å². The summed E-state index contributed by atoms with van der Waals surface area (Å²) < 4.78 is 52.2. The number of aliphatic imine (C=N–C) groups is 1. The summed E-state index contributed by atoms with van der Waals surface area (Å²) in [5.41, 5.74) is -0.268. The van der Waals surface area contributed by atoms with Gasteiger partial charge in [0.1, 0.15) is 29.8 Å². The first-order valence-corrected chi connectivity index (χ1v) is 9.68. The molecule has 10 heteroatoms. The lowest BCUT2D eigenvalue weighted by Crippen LogP contribution is -2.61. The molecule has 0 spiro atoms. The van der Waals surface area contributed by atoms with Gasteiger partial charge in [-0.3, -0.25) is 4.99 Å². The number of hydrogen-bond acceptors (Lipinski definition) is 7. The van der Waals surface area contributed by atoms with Crippen LogP contribution in [-0.2, 0) is 9.47 Å². The molecule has 0 amide bonds. The quantitative estimate of drug-likeness (QED) is 0.778. The van der Waals surface area contributed by atoms with E-state index in [4.69, 9.17) is 9.47 Å². The Balaban J connectivity index is 1.81. The zero-order valence-corrected chi connectivity index (χ0v) is 16.4. The van der Waals surface area contributed by atoms with Crippen molar-refractivity contribution in [2.75, 3.05) is 14.1 Å². The van der Waals surface area contributed by atoms with Crippen LogP contribution in [0.15, 0.2) is 35.3 Å². The Bertz CT molecular complexity index is 704. The summed E-state index contributed by atoms with van der Waals surface area (Å²) in [6.07, 6.45) is -13.1. The highest BCUT2D eigenvalue weighted by Crippen LogP contribution is 2.41. The molecule has 6 nitrogen and oxygen atoms in total. The minimum atomic E-state index is -4.80. The Morgan fingerprint density at radius 1 is 1.18 bits per heavy atom. The van der Waals surface area contributed by atoms with Gasteiger partial charge in [0.15, 0.2) is 11.3 Å². The number of thioether (sulfide) groups is 1. The van der Waals surface area contributed by atoms with Crippen LogP contribution in [0.2, 0.25) is 0 Å². The molecule has 0 saturated carbocycles. The van der Waals surface area contributed by atoms with E-state index < -0.39 is 48.2 Å². The number of nitrogens with zero attached hydrogens (tertiary/aromatic N) is 2. The Labute approximate surface area is 165 Å². The van der Waals surface area contributed by atoms with Crippen molar-refractivity contribution >= 4 is 16.9 Å². The first-order valence-electron chi connectivity index (χ1n) is 8.80. The van der Waals surface area contributed by atoms with E-state index >= 15 is 0 Å². The third kappa shape index (κ3) is 4.30. The summed E-state index contributed by atoms with van der Waals surface area (Å²) in [5.74, 6) is 0. The van der Waals surface area contributed by atoms with E-state index in [-0.39, 0.29) is 0 Å². The van der Waals surface area contributed by atoms with Crippen LogP contribution >= 0.6 is 11.8 Å². The molecule has 1 fully saturated rings. The van der Waals surface area contributed by atoms with E-state index in [0.29, 0.717) is 10.7 Å². The molecular weight excluding hydrogens is 397 g/mol. The molecule has 3 rings (SSSR count). The Kier molecular flexibility index (Phi) is 6.26. The van der Waals surface area contributed by atoms with Gasteiger partial charge < -0.3 is 24.6 Å². The molecule has 2 aliphatic heterocycles. The van der Waals surface area contributed by atoms with Crippen molar-refractivity contribution in [3.05, 3.63) is 35.9 Å². The number of ether oxygens (including phenoxy) is 2. The fraction of sp³-hybridized carbons (Fsp3) is 0.611. The van der Waals surface area contributed by atoms with Gasteiger partial charge in [0, 0.05) is 14.1 Å². The predicted molar refractivity (Wildman–Crippen MR) is 99.0 cm³/mol. The van der Waals surface area contributed by atoms with Crippen LogP contribution in [0.4, 0.5) is 13.2 Å². The van der Waals surface area contributed by atoms with Crippen LogP contribution < -0.4 is 0 Å². The van der Waals surface area contributed by atoms with Crippen molar-refractivity contribution in [1.29, 1.82) is 0 Å². The highest BCUT2D eigenvalue weighted by Gasteiger charge is 2.57. The number of fused-ring (bicyclic) bond motifs is 1. The van der Waals surface area contributed by atoms with Gasteiger partial charge in [-0.1, -0.05) is 42.1 Å². The normalized spacial score (nSPS) is 32.4. The summed E-state index contributed by atoms with van der Waals surface area (Å²) >= 11 is 1.12. The van der Waals surface area contributed by atoms with Gasteiger partial charge in [-0.15, -0.1) is 0 Å². The lowest BCUT2D eigenvalue weighted by molar-refractivity contribution is -0.293. The molecule has 2 N–H and O–H groups in total. The highest BCUT2D eigenvalue weighted by molar-refractivity contribution is 8.14. The second-order valence-electron chi connectivity index (χ2n) is 7.02. The van der Waals surface area contributed by atoms with Crippen molar-refractivity contribution in [2.24, 2.45) is 4.99 Å². The van der Waals surface area contributed by atoms with Crippen LogP contribution in [0.25, 0.3) is 0 Å². The second kappa shape index (κ2) is 8.19. The Morgan fingerprint density at radius 3 is 2.39 bits per heavy atom. The molecule has 28 heavy (non-hydrogen) atoms. The van der Waals surface area contributed by atoms with Crippen molar-refractivity contribution < 1.29 is 32.9 Å². The van der Waals surface area contributed by atoms with Gasteiger partial charge in [-0.05, 0) is 12.5 Å². The van der Waals surface area contributed by atoms with Gasteiger partial charge in [0.25, 0.3) is 0 Å². The van der Waals surface area contributed by atoms with Crippen LogP contribution in [0.3, 0.4) is 0 Å². The zero-order chi connectivity index (χ0) is 20.6. The molecule has 1 aromatic carbocycles. The summed E-state index contributed by atoms with van der Waals surface area (Å²) in [7, 11) is 3.46. The monoisotopic (exact) mass is 420 g/mol. The SMILES string of the molecule is C[C@@H](O[C@H]([C@H]1O[C@@H]2SC(N(C)C)=N[C@@H]2[C@@H](O)[C@@H]1O)C(F)(F)F)c1ccccc1. The standard InChI is InChI=1S/C18H23F3N2O4S/c1-9(10-7-5-4-6-8-10)26-15(18(19,20)21)14-13(25)12(24)11-16(27-14)28-17(22-11)23(2)3/h4-9,11-16,24-25H,1-3H3/t9-,11-,12-,13+,14+,15-,16-/m1/s1. The molecule has 1 aromatic rings. The number of alkyl halides is 3. The topological polar surface area (TPSA) is 74.5 Å². The molecule has 0 unspecified atom stereocenters. The van der Waals surface area contributed by atoms with Crippen LogP contribution in [0.5, 0.6) is 0 Å². The molecule has 0 bridgehead atoms. The minimum absolute atomic E-state index is 0.518. The maximum absolute atomic E-state index is 13.8. The van der Waals surface area contributed by atoms with E-state index in [1.54, 1.807) is 49.3 Å². The molecule has 0 aromatic heterocycles. The first-order chi connectivity index (χ1) is 13.1. The summed E-state index contributed by atoms with van der Waals surface area (Å²) in [4.78, 5) is 5.93. The van der Waals surface area contributed by atoms with Gasteiger partial charge in [-0.2, -0.15) is 13.2 Å². The van der Waals surface area contributed by atoms with E-state index in [2.05, 4.69) is 4.99 Å². The van der Waals surface area contributed by atoms with Crippen molar-refractivity contribution in [2.45, 2.75) is 55.1 Å². The minimum Gasteiger partial charge on any atom is -0.388 e. The van der Waals surface area contributed by atoms with E-state index in [1.165, 1.54) is 6.92 Å². The van der Waals surface area contributed by atoms with E-state index in [9.17, 15) is 23.4 Å². The van der Waals surface area contributed by atoms with Crippen LogP contribution in [0, 0.1) is 0 Å². The lowest BCUT2D eigenvalue weighted by Gasteiger charge is -2.42. The van der Waals surface area contributed by atoms with Crippen LogP contribution in [-0.4, -0.2) is 76.4 Å². The van der Waals surface area contributed by atoms with E-state index in [0.717, 1.165) is 11.8 Å². The smallest absolute Gasteiger partial charge is 0.388 e. The number of amidine groups is 1. The number of halogens is 3. The third-order valence-electron chi connectivity index (χ3n) is 4.71. The van der Waals surface area contributed by atoms with Crippen LogP contribution in [0.1, 0.15) is 18.6 Å². The maximum atomic E-state index is 13.8. The van der Waals surface area contributed by atoms with Gasteiger partial charge in [-0.25, -0.2) is 0 Å². The summed E-state index contributed by atoms with van der Waals surface area (Å²) in [5, 5.41) is 21.3. The first kappa shape index (κ1) is 21.4. The summed E-state index contributed by atoms with van der Waals surface area (Å²) in [6, 6.07) is 7.63. The number of aliphatic hydroxyl groups excluding tert-OH is 2. The van der Waals surface area contributed by atoms with E-state index in [1.807, 2.05) is 0 Å². The lowest BCUT2D eigenvalue weighted by atomic mass is 9.94. The Hall–Kier alpha value is -1.33. The van der Waals surface area contributed by atoms with Crippen molar-refractivity contribution in [3.63, 3.8) is 0 Å². The number of benzene rings is 1. The number of hydrogen-bond donors (Lipinski definition) is 2. The fourth-order valence-electron chi connectivity index (χ4n) is 3.20. The molecule has 1 saturated heterocycles. The summed E-state index contributed by atoms with van der Waals surface area (Å²) in [6.45, 7) is 1.50. The molecule has 2 heterocycles. The number of rotatable bonds is 4. The average molecular weight is 420 g/mol.